The molecule has 2 aromatic rings. The third-order valence-electron chi connectivity index (χ3n) is 4.72. The Hall–Kier alpha value is -2.67. The average molecular weight is 400 g/mol. The molecule has 2 heterocycles. The number of benzene rings is 1. The molecule has 1 aliphatic heterocycles. The normalized spacial score (nSPS) is 16.2. The van der Waals surface area contributed by atoms with E-state index < -0.39 is 17.9 Å². The largest absolute Gasteiger partial charge is 0.454 e. The maximum atomic E-state index is 12.5. The van der Waals surface area contributed by atoms with Crippen molar-refractivity contribution in [2.75, 3.05) is 18.5 Å². The van der Waals surface area contributed by atoms with Crippen LogP contribution in [0.3, 0.4) is 0 Å². The van der Waals surface area contributed by atoms with Gasteiger partial charge in [0, 0.05) is 12.2 Å². The van der Waals surface area contributed by atoms with Gasteiger partial charge in [-0.05, 0) is 47.9 Å². The Labute approximate surface area is 168 Å². The van der Waals surface area contributed by atoms with Crippen LogP contribution in [0.5, 0.6) is 0 Å². The molecule has 0 saturated carbocycles. The zero-order chi connectivity index (χ0) is 20.1. The van der Waals surface area contributed by atoms with Gasteiger partial charge in [-0.3, -0.25) is 9.59 Å². The van der Waals surface area contributed by atoms with Crippen molar-refractivity contribution >= 4 is 34.8 Å². The van der Waals surface area contributed by atoms with Crippen LogP contribution in [0.4, 0.5) is 5.69 Å². The molecule has 0 spiro atoms. The van der Waals surface area contributed by atoms with Gasteiger partial charge in [0.1, 0.15) is 6.04 Å². The summed E-state index contributed by atoms with van der Waals surface area (Å²) < 4.78 is 5.18. The molecule has 2 amide bonds. The van der Waals surface area contributed by atoms with E-state index in [4.69, 9.17) is 4.74 Å². The Balaban J connectivity index is 1.51. The first kappa shape index (κ1) is 20.1. The van der Waals surface area contributed by atoms with E-state index in [1.165, 1.54) is 21.8 Å². The minimum Gasteiger partial charge on any atom is -0.454 e. The van der Waals surface area contributed by atoms with E-state index in [9.17, 15) is 14.4 Å². The lowest BCUT2D eigenvalue weighted by Crippen LogP contribution is -2.41. The maximum Gasteiger partial charge on any atom is 0.329 e. The Morgan fingerprint density at radius 1 is 1.21 bits per heavy atom. The Morgan fingerprint density at radius 3 is 2.61 bits per heavy atom. The summed E-state index contributed by atoms with van der Waals surface area (Å²) in [5, 5.41) is 4.54. The predicted molar refractivity (Wildman–Crippen MR) is 108 cm³/mol. The molecule has 0 bridgehead atoms. The van der Waals surface area contributed by atoms with Gasteiger partial charge < -0.3 is 15.0 Å². The number of amides is 2. The zero-order valence-electron chi connectivity index (χ0n) is 16.0. The number of esters is 1. The maximum absolute atomic E-state index is 12.5. The Bertz CT molecular complexity index is 831. The van der Waals surface area contributed by atoms with Gasteiger partial charge in [-0.2, -0.15) is 0 Å². The number of hydrogen-bond donors (Lipinski definition) is 1. The monoisotopic (exact) mass is 400 g/mol. The van der Waals surface area contributed by atoms with E-state index in [0.29, 0.717) is 29.4 Å². The SMILES string of the molecule is CC(C)c1ccc(NC(=O)COC(=O)[C@H]2CCCN2C(=O)c2cccs2)cc1. The highest BCUT2D eigenvalue weighted by molar-refractivity contribution is 7.12. The number of ether oxygens (including phenoxy) is 1. The van der Waals surface area contributed by atoms with Crippen molar-refractivity contribution in [2.24, 2.45) is 0 Å². The van der Waals surface area contributed by atoms with E-state index in [-0.39, 0.29) is 12.5 Å². The molecule has 0 radical (unpaired) electrons. The summed E-state index contributed by atoms with van der Waals surface area (Å²) in [5.74, 6) is -0.686. The molecule has 28 heavy (non-hydrogen) atoms. The van der Waals surface area contributed by atoms with Gasteiger partial charge in [-0.15, -0.1) is 11.3 Å². The van der Waals surface area contributed by atoms with Crippen molar-refractivity contribution in [3.05, 3.63) is 52.2 Å². The van der Waals surface area contributed by atoms with Gasteiger partial charge in [0.25, 0.3) is 11.8 Å². The number of anilines is 1. The smallest absolute Gasteiger partial charge is 0.329 e. The quantitative estimate of drug-likeness (QED) is 0.751. The van der Waals surface area contributed by atoms with Gasteiger partial charge in [-0.1, -0.05) is 32.0 Å². The second kappa shape index (κ2) is 9.01. The number of nitrogens with zero attached hydrogens (tertiary/aromatic N) is 1. The molecular weight excluding hydrogens is 376 g/mol. The van der Waals surface area contributed by atoms with E-state index in [1.54, 1.807) is 12.1 Å². The minimum atomic E-state index is -0.632. The van der Waals surface area contributed by atoms with Crippen LogP contribution in [-0.2, 0) is 14.3 Å². The predicted octanol–water partition coefficient (Wildman–Crippen LogP) is 3.66. The Kier molecular flexibility index (Phi) is 6.46. The van der Waals surface area contributed by atoms with Crippen LogP contribution in [0.1, 0.15) is 47.8 Å². The molecule has 1 aromatic heterocycles. The minimum absolute atomic E-state index is 0.163. The van der Waals surface area contributed by atoms with Gasteiger partial charge in [0.2, 0.25) is 0 Å². The lowest BCUT2D eigenvalue weighted by Gasteiger charge is -2.22. The van der Waals surface area contributed by atoms with Crippen LogP contribution in [0.2, 0.25) is 0 Å². The molecular formula is C21H24N2O4S. The van der Waals surface area contributed by atoms with Crippen molar-refractivity contribution in [2.45, 2.75) is 38.6 Å². The summed E-state index contributed by atoms with van der Waals surface area (Å²) in [6.45, 7) is 4.35. The number of hydrogen-bond acceptors (Lipinski definition) is 5. The second-order valence-electron chi connectivity index (χ2n) is 7.07. The summed E-state index contributed by atoms with van der Waals surface area (Å²) in [4.78, 5) is 39.2. The first-order chi connectivity index (χ1) is 13.5. The number of carbonyl (C=O) groups is 3. The van der Waals surface area contributed by atoms with Gasteiger partial charge in [0.15, 0.2) is 6.61 Å². The molecule has 1 N–H and O–H groups in total. The summed E-state index contributed by atoms with van der Waals surface area (Å²) in [6, 6.07) is 10.5. The van der Waals surface area contributed by atoms with Crippen molar-refractivity contribution < 1.29 is 19.1 Å². The van der Waals surface area contributed by atoms with Crippen LogP contribution in [-0.4, -0.2) is 41.9 Å². The van der Waals surface area contributed by atoms with Crippen molar-refractivity contribution in [1.82, 2.24) is 4.90 Å². The zero-order valence-corrected chi connectivity index (χ0v) is 16.8. The number of rotatable bonds is 6. The molecule has 0 aliphatic carbocycles. The van der Waals surface area contributed by atoms with Gasteiger partial charge >= 0.3 is 5.97 Å². The van der Waals surface area contributed by atoms with E-state index >= 15 is 0 Å². The van der Waals surface area contributed by atoms with Crippen LogP contribution in [0.15, 0.2) is 41.8 Å². The number of carbonyl (C=O) groups excluding carboxylic acids is 3. The standard InChI is InChI=1S/C21H24N2O4S/c1-14(2)15-7-9-16(10-8-15)22-19(24)13-27-21(26)17-5-3-11-23(17)20(25)18-6-4-12-28-18/h4,6-10,12,14,17H,3,5,11,13H2,1-2H3,(H,22,24)/t17-/m1/s1. The fourth-order valence-electron chi connectivity index (χ4n) is 3.18. The number of nitrogens with one attached hydrogen (secondary N) is 1. The van der Waals surface area contributed by atoms with E-state index in [0.717, 1.165) is 6.42 Å². The summed E-state index contributed by atoms with van der Waals surface area (Å²) in [5.41, 5.74) is 1.84. The van der Waals surface area contributed by atoms with Crippen LogP contribution >= 0.6 is 11.3 Å². The first-order valence-electron chi connectivity index (χ1n) is 9.36. The molecule has 1 saturated heterocycles. The molecule has 6 nitrogen and oxygen atoms in total. The van der Waals surface area contributed by atoms with Crippen molar-refractivity contribution in [3.63, 3.8) is 0 Å². The van der Waals surface area contributed by atoms with Gasteiger partial charge in [0.05, 0.1) is 4.88 Å². The molecule has 1 atom stereocenters. The summed E-state index contributed by atoms with van der Waals surface area (Å²) in [7, 11) is 0. The fourth-order valence-corrected chi connectivity index (χ4v) is 3.86. The van der Waals surface area contributed by atoms with Gasteiger partial charge in [-0.25, -0.2) is 4.79 Å². The third kappa shape index (κ3) is 4.78. The summed E-state index contributed by atoms with van der Waals surface area (Å²) >= 11 is 1.35. The van der Waals surface area contributed by atoms with E-state index in [1.807, 2.05) is 29.6 Å². The lowest BCUT2D eigenvalue weighted by molar-refractivity contribution is -0.151. The first-order valence-corrected chi connectivity index (χ1v) is 10.2. The summed E-state index contributed by atoms with van der Waals surface area (Å²) in [6.07, 6.45) is 1.29. The van der Waals surface area contributed by atoms with Crippen LogP contribution in [0, 0.1) is 0 Å². The topological polar surface area (TPSA) is 75.7 Å². The molecule has 1 fully saturated rings. The molecule has 1 aliphatic rings. The molecule has 0 unspecified atom stereocenters. The van der Waals surface area contributed by atoms with Crippen LogP contribution in [0.25, 0.3) is 0 Å². The number of thiophene rings is 1. The number of likely N-dealkylation sites (tertiary alicyclic amines) is 1. The molecule has 1 aromatic carbocycles. The van der Waals surface area contributed by atoms with E-state index in [2.05, 4.69) is 19.2 Å². The molecule has 148 valence electrons. The van der Waals surface area contributed by atoms with Crippen molar-refractivity contribution in [1.29, 1.82) is 0 Å². The second-order valence-corrected chi connectivity index (χ2v) is 8.01. The molecule has 7 heteroatoms. The van der Waals surface area contributed by atoms with Crippen molar-refractivity contribution in [3.8, 4) is 0 Å². The third-order valence-corrected chi connectivity index (χ3v) is 5.58. The highest BCUT2D eigenvalue weighted by Gasteiger charge is 2.36. The Morgan fingerprint density at radius 2 is 1.96 bits per heavy atom. The average Bonchev–Trinajstić information content (AvgIpc) is 3.38. The fraction of sp³-hybridized carbons (Fsp3) is 0.381. The lowest BCUT2D eigenvalue weighted by atomic mass is 10.0. The van der Waals surface area contributed by atoms with Crippen LogP contribution < -0.4 is 5.32 Å². The highest BCUT2D eigenvalue weighted by atomic mass is 32.1. The highest BCUT2D eigenvalue weighted by Crippen LogP contribution is 2.23. The molecule has 3 rings (SSSR count).